The van der Waals surface area contributed by atoms with Crippen molar-refractivity contribution in [1.82, 2.24) is 0 Å². The van der Waals surface area contributed by atoms with Gasteiger partial charge in [0, 0.05) is 5.41 Å². The summed E-state index contributed by atoms with van der Waals surface area (Å²) in [5.41, 5.74) is 16.1. The highest BCUT2D eigenvalue weighted by molar-refractivity contribution is 5.66. The minimum absolute atomic E-state index is 0.169. The Bertz CT molecular complexity index is 901. The molecular weight excluding hydrogens is 324 g/mol. The first-order valence-corrected chi connectivity index (χ1v) is 10.6. The lowest BCUT2D eigenvalue weighted by Gasteiger charge is -2.33. The van der Waals surface area contributed by atoms with Crippen LogP contribution in [0.4, 0.5) is 0 Å². The third-order valence-corrected chi connectivity index (χ3v) is 8.22. The highest BCUT2D eigenvalue weighted by Crippen LogP contribution is 2.64. The van der Waals surface area contributed by atoms with Crippen LogP contribution in [0.25, 0.3) is 0 Å². The second kappa shape index (κ2) is 5.28. The molecule has 0 nitrogen and oxygen atoms in total. The fourth-order valence-electron chi connectivity index (χ4n) is 6.71. The molecule has 0 saturated carbocycles. The SMILES string of the molecule is Cc1cc2c(c(C)c1C)C1(CC2(C)C)CC(C)(C)c2cc(C)c(C)c(C)c21. The van der Waals surface area contributed by atoms with Gasteiger partial charge in [0.1, 0.15) is 0 Å². The molecule has 0 unspecified atom stereocenters. The molecule has 0 atom stereocenters. The minimum atomic E-state index is 0.169. The molecule has 144 valence electrons. The van der Waals surface area contributed by atoms with Gasteiger partial charge in [-0.2, -0.15) is 0 Å². The molecule has 0 fully saturated rings. The van der Waals surface area contributed by atoms with Crippen molar-refractivity contribution in [1.29, 1.82) is 0 Å². The van der Waals surface area contributed by atoms with Crippen molar-refractivity contribution in [3.63, 3.8) is 0 Å². The third kappa shape index (κ3) is 2.22. The number of rotatable bonds is 0. The van der Waals surface area contributed by atoms with Gasteiger partial charge < -0.3 is 0 Å². The van der Waals surface area contributed by atoms with Crippen LogP contribution in [0.5, 0.6) is 0 Å². The molecule has 0 radical (unpaired) electrons. The average molecular weight is 361 g/mol. The number of aryl methyl sites for hydroxylation is 2. The molecule has 0 amide bonds. The summed E-state index contributed by atoms with van der Waals surface area (Å²) in [6.45, 7) is 23.8. The Morgan fingerprint density at radius 3 is 1.22 bits per heavy atom. The van der Waals surface area contributed by atoms with Crippen LogP contribution in [0.3, 0.4) is 0 Å². The lowest BCUT2D eigenvalue weighted by atomic mass is 9.70. The first kappa shape index (κ1) is 18.8. The van der Waals surface area contributed by atoms with Gasteiger partial charge in [0.2, 0.25) is 0 Å². The van der Waals surface area contributed by atoms with Gasteiger partial charge in [0.15, 0.2) is 0 Å². The molecule has 2 aliphatic rings. The Morgan fingerprint density at radius 1 is 0.556 bits per heavy atom. The molecule has 2 aliphatic carbocycles. The summed E-state index contributed by atoms with van der Waals surface area (Å²) in [7, 11) is 0. The van der Waals surface area contributed by atoms with E-state index in [9.17, 15) is 0 Å². The van der Waals surface area contributed by atoms with Gasteiger partial charge in [-0.25, -0.2) is 0 Å². The molecule has 0 N–H and O–H groups in total. The first-order chi connectivity index (χ1) is 12.3. The lowest BCUT2D eigenvalue weighted by molar-refractivity contribution is 0.348. The molecule has 27 heavy (non-hydrogen) atoms. The molecule has 0 saturated heterocycles. The number of hydrogen-bond donors (Lipinski definition) is 0. The standard InChI is InChI=1S/C27H36/c1-15-11-21-23(19(5)17(15)3)27(13-25(21,7)8)14-26(9,10)22-12-16(2)18(4)20(6)24(22)27/h11-12H,13-14H2,1-10H3. The summed E-state index contributed by atoms with van der Waals surface area (Å²) in [4.78, 5) is 0. The van der Waals surface area contributed by atoms with E-state index in [1.165, 1.54) is 46.2 Å². The van der Waals surface area contributed by atoms with Crippen LogP contribution in [-0.2, 0) is 16.2 Å². The van der Waals surface area contributed by atoms with Gasteiger partial charge in [-0.15, -0.1) is 0 Å². The largest absolute Gasteiger partial charge is 0.0558 e. The van der Waals surface area contributed by atoms with Gasteiger partial charge in [-0.3, -0.25) is 0 Å². The van der Waals surface area contributed by atoms with Crippen molar-refractivity contribution in [2.75, 3.05) is 0 Å². The molecule has 1 spiro atoms. The van der Waals surface area contributed by atoms with Crippen molar-refractivity contribution in [2.45, 2.75) is 98.3 Å². The Morgan fingerprint density at radius 2 is 0.889 bits per heavy atom. The van der Waals surface area contributed by atoms with Crippen LogP contribution in [0.2, 0.25) is 0 Å². The van der Waals surface area contributed by atoms with Crippen LogP contribution in [0, 0.1) is 41.5 Å². The summed E-state index contributed by atoms with van der Waals surface area (Å²) in [6.07, 6.45) is 2.47. The van der Waals surface area contributed by atoms with Gasteiger partial charge >= 0.3 is 0 Å². The fourth-order valence-corrected chi connectivity index (χ4v) is 6.71. The van der Waals surface area contributed by atoms with Crippen molar-refractivity contribution in [2.24, 2.45) is 0 Å². The highest BCUT2D eigenvalue weighted by atomic mass is 14.6. The van der Waals surface area contributed by atoms with E-state index in [-0.39, 0.29) is 16.2 Å². The van der Waals surface area contributed by atoms with Crippen LogP contribution >= 0.6 is 0 Å². The predicted molar refractivity (Wildman–Crippen MR) is 117 cm³/mol. The van der Waals surface area contributed by atoms with Crippen LogP contribution in [0.1, 0.15) is 96.2 Å². The predicted octanol–water partition coefficient (Wildman–Crippen LogP) is 7.19. The van der Waals surface area contributed by atoms with Gasteiger partial charge in [0.05, 0.1) is 0 Å². The summed E-state index contributed by atoms with van der Waals surface area (Å²) < 4.78 is 0. The zero-order valence-electron chi connectivity index (χ0n) is 19.1. The average Bonchev–Trinajstić information content (AvgIpc) is 2.89. The Kier molecular flexibility index (Phi) is 3.67. The van der Waals surface area contributed by atoms with E-state index in [4.69, 9.17) is 0 Å². The molecule has 0 aliphatic heterocycles. The molecule has 0 heteroatoms. The third-order valence-electron chi connectivity index (χ3n) is 8.22. The van der Waals surface area contributed by atoms with Gasteiger partial charge in [0.25, 0.3) is 0 Å². The van der Waals surface area contributed by atoms with Crippen LogP contribution in [0.15, 0.2) is 12.1 Å². The molecule has 0 aromatic heterocycles. The summed E-state index contributed by atoms with van der Waals surface area (Å²) in [5, 5.41) is 0. The maximum atomic E-state index is 2.51. The van der Waals surface area contributed by atoms with E-state index in [1.807, 2.05) is 0 Å². The molecule has 0 bridgehead atoms. The van der Waals surface area contributed by atoms with Crippen molar-refractivity contribution in [3.8, 4) is 0 Å². The fraction of sp³-hybridized carbons (Fsp3) is 0.556. The normalized spacial score (nSPS) is 20.8. The zero-order valence-corrected chi connectivity index (χ0v) is 19.1. The Hall–Kier alpha value is -1.56. The molecule has 2 aromatic rings. The topological polar surface area (TPSA) is 0 Å². The van der Waals surface area contributed by atoms with E-state index in [2.05, 4.69) is 81.4 Å². The smallest absolute Gasteiger partial charge is 0.0230 e. The van der Waals surface area contributed by atoms with E-state index >= 15 is 0 Å². The highest BCUT2D eigenvalue weighted by Gasteiger charge is 2.57. The quantitative estimate of drug-likeness (QED) is 0.466. The molecular formula is C27H36. The Balaban J connectivity index is 2.16. The monoisotopic (exact) mass is 360 g/mol. The van der Waals surface area contributed by atoms with E-state index in [0.29, 0.717) is 0 Å². The second-order valence-corrected chi connectivity index (χ2v) is 10.9. The Labute approximate surface area is 166 Å². The number of fused-ring (bicyclic) bond motifs is 4. The summed E-state index contributed by atoms with van der Waals surface area (Å²) in [5.74, 6) is 0. The van der Waals surface area contributed by atoms with Gasteiger partial charge in [-0.1, -0.05) is 39.8 Å². The first-order valence-electron chi connectivity index (χ1n) is 10.6. The van der Waals surface area contributed by atoms with Crippen LogP contribution in [-0.4, -0.2) is 0 Å². The molecule has 2 aromatic carbocycles. The van der Waals surface area contributed by atoms with E-state index in [0.717, 1.165) is 0 Å². The van der Waals surface area contributed by atoms with Gasteiger partial charge in [-0.05, 0) is 121 Å². The zero-order chi connectivity index (χ0) is 20.1. The molecule has 0 heterocycles. The maximum Gasteiger partial charge on any atom is 0.0230 e. The second-order valence-electron chi connectivity index (χ2n) is 10.9. The maximum absolute atomic E-state index is 2.51. The summed E-state index contributed by atoms with van der Waals surface area (Å²) >= 11 is 0. The number of benzene rings is 2. The lowest BCUT2D eigenvalue weighted by Crippen LogP contribution is -2.28. The van der Waals surface area contributed by atoms with E-state index in [1.54, 1.807) is 22.3 Å². The van der Waals surface area contributed by atoms with Crippen molar-refractivity contribution in [3.05, 3.63) is 67.8 Å². The molecule has 4 rings (SSSR count). The van der Waals surface area contributed by atoms with Crippen LogP contribution < -0.4 is 0 Å². The van der Waals surface area contributed by atoms with Crippen molar-refractivity contribution >= 4 is 0 Å². The number of hydrogen-bond acceptors (Lipinski definition) is 0. The summed E-state index contributed by atoms with van der Waals surface area (Å²) in [6, 6.07) is 5.02. The van der Waals surface area contributed by atoms with E-state index < -0.39 is 0 Å². The van der Waals surface area contributed by atoms with Crippen molar-refractivity contribution < 1.29 is 0 Å². The minimum Gasteiger partial charge on any atom is -0.0558 e.